The van der Waals surface area contributed by atoms with Crippen LogP contribution in [0.25, 0.3) is 11.0 Å². The minimum absolute atomic E-state index is 0.205. The van der Waals surface area contributed by atoms with Gasteiger partial charge in [-0.3, -0.25) is 0 Å². The number of H-pyrrole nitrogens is 1. The SMILES string of the molecule is CCCCCCCCCCCCCCCCSCC(NC(=O)OC(C)(C)C)c1nc2ccccc2[nH]1. The Morgan fingerprint density at radius 3 is 2.03 bits per heavy atom. The van der Waals surface area contributed by atoms with E-state index < -0.39 is 11.7 Å². The molecule has 1 heterocycles. The molecule has 0 radical (unpaired) electrons. The fourth-order valence-corrected chi connectivity index (χ4v) is 5.43. The van der Waals surface area contributed by atoms with Gasteiger partial charge < -0.3 is 15.0 Å². The second kappa shape index (κ2) is 17.7. The Hall–Kier alpha value is -1.69. The number of nitrogens with zero attached hydrogens (tertiary/aromatic N) is 1. The van der Waals surface area contributed by atoms with Crippen LogP contribution >= 0.6 is 11.8 Å². The summed E-state index contributed by atoms with van der Waals surface area (Å²) in [5.74, 6) is 2.66. The maximum Gasteiger partial charge on any atom is 0.408 e. The van der Waals surface area contributed by atoms with Gasteiger partial charge in [-0.1, -0.05) is 103 Å². The van der Waals surface area contributed by atoms with E-state index in [1.54, 1.807) is 0 Å². The number of amides is 1. The number of hydrogen-bond donors (Lipinski definition) is 2. The van der Waals surface area contributed by atoms with E-state index in [4.69, 9.17) is 9.72 Å². The second-order valence-corrected chi connectivity index (χ2v) is 12.2. The lowest BCUT2D eigenvalue weighted by atomic mass is 10.0. The number of carbonyl (C=O) groups is 1. The largest absolute Gasteiger partial charge is 0.444 e. The van der Waals surface area contributed by atoms with E-state index >= 15 is 0 Å². The molecular formula is C30H51N3O2S. The van der Waals surface area contributed by atoms with Crippen molar-refractivity contribution in [1.29, 1.82) is 0 Å². The van der Waals surface area contributed by atoms with E-state index in [-0.39, 0.29) is 6.04 Å². The summed E-state index contributed by atoms with van der Waals surface area (Å²) < 4.78 is 5.50. The summed E-state index contributed by atoms with van der Waals surface area (Å²) in [5.41, 5.74) is 1.38. The first kappa shape index (κ1) is 30.5. The fraction of sp³-hybridized carbons (Fsp3) is 0.733. The predicted molar refractivity (Wildman–Crippen MR) is 156 cm³/mol. The first-order chi connectivity index (χ1) is 17.4. The van der Waals surface area contributed by atoms with E-state index in [0.29, 0.717) is 0 Å². The summed E-state index contributed by atoms with van der Waals surface area (Å²) in [4.78, 5) is 20.5. The molecule has 2 aromatic rings. The lowest BCUT2D eigenvalue weighted by Gasteiger charge is -2.22. The summed E-state index contributed by atoms with van der Waals surface area (Å²) >= 11 is 1.88. The zero-order chi connectivity index (χ0) is 26.1. The highest BCUT2D eigenvalue weighted by molar-refractivity contribution is 7.99. The number of thioether (sulfide) groups is 1. The fourth-order valence-electron chi connectivity index (χ4n) is 4.38. The number of rotatable bonds is 19. The number of fused-ring (bicyclic) bond motifs is 1. The van der Waals surface area contributed by atoms with Crippen molar-refractivity contribution in [3.05, 3.63) is 30.1 Å². The van der Waals surface area contributed by atoms with Gasteiger partial charge in [0.15, 0.2) is 0 Å². The quantitative estimate of drug-likeness (QED) is 0.182. The van der Waals surface area contributed by atoms with Crippen LogP contribution in [-0.2, 0) is 4.74 Å². The highest BCUT2D eigenvalue weighted by Crippen LogP contribution is 2.22. The van der Waals surface area contributed by atoms with Crippen LogP contribution in [0.15, 0.2) is 24.3 Å². The number of ether oxygens (including phenoxy) is 1. The Kier molecular flexibility index (Phi) is 15.0. The molecule has 0 fully saturated rings. The molecular weight excluding hydrogens is 466 g/mol. The van der Waals surface area contributed by atoms with Crippen molar-refractivity contribution in [3.8, 4) is 0 Å². The van der Waals surface area contributed by atoms with Crippen LogP contribution < -0.4 is 5.32 Å². The molecule has 0 saturated heterocycles. The van der Waals surface area contributed by atoms with Crippen molar-refractivity contribution in [1.82, 2.24) is 15.3 Å². The molecule has 2 N–H and O–H groups in total. The number of imidazole rings is 1. The van der Waals surface area contributed by atoms with Gasteiger partial charge in [-0.05, 0) is 45.1 Å². The molecule has 0 aliphatic carbocycles. The first-order valence-corrected chi connectivity index (χ1v) is 15.6. The number of aromatic amines is 1. The molecule has 0 aliphatic heterocycles. The molecule has 1 unspecified atom stereocenters. The van der Waals surface area contributed by atoms with Gasteiger partial charge in [0.2, 0.25) is 0 Å². The molecule has 2 rings (SSSR count). The van der Waals surface area contributed by atoms with Gasteiger partial charge in [-0.25, -0.2) is 9.78 Å². The molecule has 6 heteroatoms. The number of hydrogen-bond acceptors (Lipinski definition) is 4. The predicted octanol–water partition coefficient (Wildman–Crippen LogP) is 9.34. The van der Waals surface area contributed by atoms with E-state index in [1.165, 1.54) is 89.9 Å². The number of para-hydroxylation sites is 2. The molecule has 0 bridgehead atoms. The Bertz CT molecular complexity index is 813. The molecule has 1 aromatic carbocycles. The summed E-state index contributed by atoms with van der Waals surface area (Å²) in [6.45, 7) is 7.93. The average Bonchev–Trinajstić information content (AvgIpc) is 3.26. The molecule has 5 nitrogen and oxygen atoms in total. The number of aromatic nitrogens is 2. The molecule has 204 valence electrons. The van der Waals surface area contributed by atoms with Gasteiger partial charge in [-0.15, -0.1) is 0 Å². The standard InChI is InChI=1S/C30H51N3O2S/c1-5-6-7-8-9-10-11-12-13-14-15-16-17-20-23-36-24-27(33-29(34)35-30(2,3)4)28-31-25-21-18-19-22-26(25)32-28/h18-19,21-22,27H,5-17,20,23-24H2,1-4H3,(H,31,32)(H,33,34). The maximum atomic E-state index is 12.4. The molecule has 1 amide bonds. The smallest absolute Gasteiger partial charge is 0.408 e. The minimum Gasteiger partial charge on any atom is -0.444 e. The van der Waals surface area contributed by atoms with Crippen molar-refractivity contribution in [2.45, 2.75) is 129 Å². The Labute approximate surface area is 224 Å². The third kappa shape index (κ3) is 13.6. The van der Waals surface area contributed by atoms with Crippen molar-refractivity contribution in [3.63, 3.8) is 0 Å². The zero-order valence-electron chi connectivity index (χ0n) is 23.4. The number of benzene rings is 1. The van der Waals surface area contributed by atoms with E-state index in [1.807, 2.05) is 56.8 Å². The van der Waals surface area contributed by atoms with Crippen molar-refractivity contribution < 1.29 is 9.53 Å². The van der Waals surface area contributed by atoms with Gasteiger partial charge >= 0.3 is 6.09 Å². The third-order valence-electron chi connectivity index (χ3n) is 6.36. The molecule has 0 spiro atoms. The Balaban J connectivity index is 1.59. The average molecular weight is 518 g/mol. The van der Waals surface area contributed by atoms with Crippen LogP contribution in [-0.4, -0.2) is 33.2 Å². The van der Waals surface area contributed by atoms with Gasteiger partial charge in [0.25, 0.3) is 0 Å². The molecule has 0 saturated carbocycles. The number of unbranched alkanes of at least 4 members (excludes halogenated alkanes) is 13. The van der Waals surface area contributed by atoms with E-state index in [0.717, 1.165) is 28.4 Å². The Morgan fingerprint density at radius 1 is 0.917 bits per heavy atom. The molecule has 1 atom stereocenters. The highest BCUT2D eigenvalue weighted by Gasteiger charge is 2.22. The summed E-state index contributed by atoms with van der Waals surface area (Å²) in [6, 6.07) is 7.77. The first-order valence-electron chi connectivity index (χ1n) is 14.4. The lowest BCUT2D eigenvalue weighted by molar-refractivity contribution is 0.0507. The third-order valence-corrected chi connectivity index (χ3v) is 7.50. The zero-order valence-corrected chi connectivity index (χ0v) is 24.2. The summed E-state index contributed by atoms with van der Waals surface area (Å²) in [6.07, 6.45) is 18.9. The van der Waals surface area contributed by atoms with Crippen LogP contribution in [0.4, 0.5) is 4.79 Å². The van der Waals surface area contributed by atoms with E-state index in [2.05, 4.69) is 17.2 Å². The summed E-state index contributed by atoms with van der Waals surface area (Å²) in [5, 5.41) is 3.03. The molecule has 1 aromatic heterocycles. The van der Waals surface area contributed by atoms with Crippen LogP contribution in [0.1, 0.15) is 129 Å². The van der Waals surface area contributed by atoms with Gasteiger partial charge in [0.1, 0.15) is 11.4 Å². The number of carbonyl (C=O) groups excluding carboxylic acids is 1. The minimum atomic E-state index is -0.524. The van der Waals surface area contributed by atoms with Crippen molar-refractivity contribution in [2.75, 3.05) is 11.5 Å². The van der Waals surface area contributed by atoms with Crippen LogP contribution in [0.5, 0.6) is 0 Å². The maximum absolute atomic E-state index is 12.4. The van der Waals surface area contributed by atoms with Crippen LogP contribution in [0, 0.1) is 0 Å². The number of alkyl carbamates (subject to hydrolysis) is 1. The monoisotopic (exact) mass is 517 g/mol. The van der Waals surface area contributed by atoms with Crippen molar-refractivity contribution in [2.24, 2.45) is 0 Å². The normalized spacial score (nSPS) is 12.7. The lowest BCUT2D eigenvalue weighted by Crippen LogP contribution is -2.36. The summed E-state index contributed by atoms with van der Waals surface area (Å²) in [7, 11) is 0. The van der Waals surface area contributed by atoms with Gasteiger partial charge in [-0.2, -0.15) is 11.8 Å². The van der Waals surface area contributed by atoms with Gasteiger partial charge in [0, 0.05) is 5.75 Å². The number of nitrogens with one attached hydrogen (secondary N) is 2. The molecule has 36 heavy (non-hydrogen) atoms. The topological polar surface area (TPSA) is 67.0 Å². The Morgan fingerprint density at radius 2 is 1.47 bits per heavy atom. The van der Waals surface area contributed by atoms with Gasteiger partial charge in [0.05, 0.1) is 17.1 Å². The second-order valence-electron chi connectivity index (χ2n) is 11.0. The van der Waals surface area contributed by atoms with E-state index in [9.17, 15) is 4.79 Å². The van der Waals surface area contributed by atoms with Crippen LogP contribution in [0.3, 0.4) is 0 Å². The van der Waals surface area contributed by atoms with Crippen LogP contribution in [0.2, 0.25) is 0 Å². The molecule has 0 aliphatic rings. The highest BCUT2D eigenvalue weighted by atomic mass is 32.2. The van der Waals surface area contributed by atoms with Crippen molar-refractivity contribution >= 4 is 28.9 Å².